The molecule has 2 N–H and O–H groups in total. The van der Waals surface area contributed by atoms with Crippen molar-refractivity contribution in [2.24, 2.45) is 0 Å². The van der Waals surface area contributed by atoms with Crippen LogP contribution < -0.4 is 10.2 Å². The number of nitrogens with zero attached hydrogens (tertiary/aromatic N) is 2. The maximum atomic E-state index is 12.6. The molecule has 2 aromatic heterocycles. The Labute approximate surface area is 152 Å². The van der Waals surface area contributed by atoms with Crippen LogP contribution in [0, 0.1) is 13.8 Å². The first-order chi connectivity index (χ1) is 12.6. The maximum absolute atomic E-state index is 12.6. The van der Waals surface area contributed by atoms with E-state index < -0.39 is 0 Å². The summed E-state index contributed by atoms with van der Waals surface area (Å²) in [6.07, 6.45) is 1.70. The molecule has 0 aliphatic carbocycles. The molecule has 3 heterocycles. The zero-order valence-electron chi connectivity index (χ0n) is 15.0. The van der Waals surface area contributed by atoms with Crippen LogP contribution in [0.1, 0.15) is 21.6 Å². The number of pyridine rings is 1. The largest absolute Gasteiger partial charge is 0.378 e. The summed E-state index contributed by atoms with van der Waals surface area (Å²) in [5, 5.41) is 3.98. The summed E-state index contributed by atoms with van der Waals surface area (Å²) in [6.45, 7) is 7.23. The van der Waals surface area contributed by atoms with E-state index in [4.69, 9.17) is 4.74 Å². The van der Waals surface area contributed by atoms with Gasteiger partial charge >= 0.3 is 0 Å². The Hall–Kier alpha value is -2.86. The first kappa shape index (κ1) is 16.6. The van der Waals surface area contributed by atoms with Gasteiger partial charge in [-0.15, -0.1) is 0 Å². The van der Waals surface area contributed by atoms with Gasteiger partial charge in [0.1, 0.15) is 11.5 Å². The monoisotopic (exact) mass is 350 g/mol. The zero-order valence-corrected chi connectivity index (χ0v) is 15.0. The Bertz CT molecular complexity index is 940. The van der Waals surface area contributed by atoms with Crippen molar-refractivity contribution >= 4 is 28.3 Å². The summed E-state index contributed by atoms with van der Waals surface area (Å²) in [4.78, 5) is 22.4. The van der Waals surface area contributed by atoms with Crippen molar-refractivity contribution < 1.29 is 9.53 Å². The molecular weight excluding hydrogens is 328 g/mol. The molecule has 0 spiro atoms. The van der Waals surface area contributed by atoms with Gasteiger partial charge in [-0.3, -0.25) is 4.79 Å². The van der Waals surface area contributed by atoms with Crippen molar-refractivity contribution in [3.05, 3.63) is 53.3 Å². The number of ether oxygens (including phenoxy) is 1. The Balaban J connectivity index is 1.50. The molecule has 0 unspecified atom stereocenters. The second-order valence-corrected chi connectivity index (χ2v) is 6.68. The number of carbonyl (C=O) groups is 1. The minimum absolute atomic E-state index is 0.167. The van der Waals surface area contributed by atoms with E-state index in [-0.39, 0.29) is 5.91 Å². The SMILES string of the molecule is Cc1cc(C)c2cc(C(=O)Nc3ccc(N4CCOCC4)nc3)[nH]c2c1. The molecule has 6 nitrogen and oxygen atoms in total. The first-order valence-electron chi connectivity index (χ1n) is 8.80. The van der Waals surface area contributed by atoms with Crippen molar-refractivity contribution in [3.63, 3.8) is 0 Å². The van der Waals surface area contributed by atoms with Crippen LogP contribution in [0.25, 0.3) is 10.9 Å². The van der Waals surface area contributed by atoms with E-state index >= 15 is 0 Å². The molecule has 3 aromatic rings. The number of rotatable bonds is 3. The predicted octanol–water partition coefficient (Wildman–Crippen LogP) is 3.27. The molecule has 1 saturated heterocycles. The van der Waals surface area contributed by atoms with E-state index in [9.17, 15) is 4.79 Å². The molecule has 1 fully saturated rings. The summed E-state index contributed by atoms with van der Waals surface area (Å²) in [7, 11) is 0. The van der Waals surface area contributed by atoms with E-state index in [2.05, 4.69) is 46.2 Å². The fourth-order valence-electron chi connectivity index (χ4n) is 3.36. The number of carbonyl (C=O) groups excluding carboxylic acids is 1. The molecule has 6 heteroatoms. The summed E-state index contributed by atoms with van der Waals surface area (Å²) in [5.74, 6) is 0.738. The summed E-state index contributed by atoms with van der Waals surface area (Å²) >= 11 is 0. The average Bonchev–Trinajstić information content (AvgIpc) is 3.08. The smallest absolute Gasteiger partial charge is 0.272 e. The number of nitrogens with one attached hydrogen (secondary N) is 2. The third-order valence-electron chi connectivity index (χ3n) is 4.67. The van der Waals surface area contributed by atoms with Gasteiger partial charge < -0.3 is 19.9 Å². The van der Waals surface area contributed by atoms with Gasteiger partial charge in [-0.05, 0) is 49.2 Å². The molecule has 4 rings (SSSR count). The topological polar surface area (TPSA) is 70.2 Å². The number of anilines is 2. The lowest BCUT2D eigenvalue weighted by Gasteiger charge is -2.27. The minimum Gasteiger partial charge on any atom is -0.378 e. The van der Waals surface area contributed by atoms with E-state index in [1.54, 1.807) is 6.20 Å². The summed E-state index contributed by atoms with van der Waals surface area (Å²) < 4.78 is 5.36. The third-order valence-corrected chi connectivity index (χ3v) is 4.67. The number of H-pyrrole nitrogens is 1. The highest BCUT2D eigenvalue weighted by Gasteiger charge is 2.14. The summed E-state index contributed by atoms with van der Waals surface area (Å²) in [6, 6.07) is 9.88. The van der Waals surface area contributed by atoms with Gasteiger partial charge in [0.15, 0.2) is 0 Å². The number of hydrogen-bond donors (Lipinski definition) is 2. The van der Waals surface area contributed by atoms with E-state index in [0.717, 1.165) is 48.6 Å². The fraction of sp³-hybridized carbons (Fsp3) is 0.300. The van der Waals surface area contributed by atoms with Crippen LogP contribution in [-0.2, 0) is 4.74 Å². The lowest BCUT2D eigenvalue weighted by atomic mass is 10.1. The molecule has 0 bridgehead atoms. The number of hydrogen-bond acceptors (Lipinski definition) is 4. The van der Waals surface area contributed by atoms with Crippen molar-refractivity contribution in [1.82, 2.24) is 9.97 Å². The molecular formula is C20H22N4O2. The van der Waals surface area contributed by atoms with Crippen LogP contribution in [0.15, 0.2) is 36.5 Å². The first-order valence-corrected chi connectivity index (χ1v) is 8.80. The molecule has 0 radical (unpaired) electrons. The number of aromatic nitrogens is 2. The van der Waals surface area contributed by atoms with Gasteiger partial charge in [0.25, 0.3) is 5.91 Å². The molecule has 1 aliphatic rings. The Morgan fingerprint density at radius 1 is 1.19 bits per heavy atom. The second kappa shape index (κ2) is 6.80. The van der Waals surface area contributed by atoms with Crippen LogP contribution in [0.4, 0.5) is 11.5 Å². The lowest BCUT2D eigenvalue weighted by molar-refractivity contribution is 0.102. The standard InChI is InChI=1S/C20H22N4O2/c1-13-9-14(2)16-11-18(23-17(16)10-13)20(25)22-15-3-4-19(21-12-15)24-5-7-26-8-6-24/h3-4,9-12,23H,5-8H2,1-2H3,(H,22,25). The van der Waals surface area contributed by atoms with Gasteiger partial charge in [-0.2, -0.15) is 0 Å². The highest BCUT2D eigenvalue weighted by molar-refractivity contribution is 6.06. The Morgan fingerprint density at radius 2 is 2.00 bits per heavy atom. The normalized spacial score (nSPS) is 14.6. The van der Waals surface area contributed by atoms with Crippen LogP contribution in [0.5, 0.6) is 0 Å². The summed E-state index contributed by atoms with van der Waals surface area (Å²) in [5.41, 5.74) is 4.54. The molecule has 1 aliphatic heterocycles. The van der Waals surface area contributed by atoms with Crippen LogP contribution in [0.3, 0.4) is 0 Å². The number of morpholine rings is 1. The van der Waals surface area contributed by atoms with Crippen molar-refractivity contribution in [1.29, 1.82) is 0 Å². The van der Waals surface area contributed by atoms with Crippen LogP contribution in [0.2, 0.25) is 0 Å². The minimum atomic E-state index is -0.167. The van der Waals surface area contributed by atoms with Gasteiger partial charge in [0.05, 0.1) is 25.1 Å². The number of aryl methyl sites for hydroxylation is 2. The van der Waals surface area contributed by atoms with Gasteiger partial charge in [-0.1, -0.05) is 6.07 Å². The molecule has 1 amide bonds. The van der Waals surface area contributed by atoms with E-state index in [1.165, 1.54) is 5.56 Å². The fourth-order valence-corrected chi connectivity index (χ4v) is 3.36. The van der Waals surface area contributed by atoms with Gasteiger partial charge in [-0.25, -0.2) is 4.98 Å². The molecule has 134 valence electrons. The molecule has 26 heavy (non-hydrogen) atoms. The Kier molecular flexibility index (Phi) is 4.34. The quantitative estimate of drug-likeness (QED) is 0.761. The van der Waals surface area contributed by atoms with Gasteiger partial charge in [0, 0.05) is 24.0 Å². The number of aromatic amines is 1. The second-order valence-electron chi connectivity index (χ2n) is 6.68. The van der Waals surface area contributed by atoms with E-state index in [0.29, 0.717) is 11.4 Å². The predicted molar refractivity (Wildman–Crippen MR) is 103 cm³/mol. The van der Waals surface area contributed by atoms with Gasteiger partial charge in [0.2, 0.25) is 0 Å². The third kappa shape index (κ3) is 3.28. The highest BCUT2D eigenvalue weighted by Crippen LogP contribution is 2.22. The molecule has 0 atom stereocenters. The maximum Gasteiger partial charge on any atom is 0.272 e. The number of amides is 1. The van der Waals surface area contributed by atoms with Crippen LogP contribution in [-0.4, -0.2) is 42.2 Å². The van der Waals surface area contributed by atoms with Crippen molar-refractivity contribution in [3.8, 4) is 0 Å². The van der Waals surface area contributed by atoms with Crippen molar-refractivity contribution in [2.45, 2.75) is 13.8 Å². The number of benzene rings is 1. The van der Waals surface area contributed by atoms with E-state index in [1.807, 2.05) is 18.2 Å². The molecule has 0 saturated carbocycles. The molecule has 1 aromatic carbocycles. The van der Waals surface area contributed by atoms with Crippen molar-refractivity contribution in [2.75, 3.05) is 36.5 Å². The number of fused-ring (bicyclic) bond motifs is 1. The zero-order chi connectivity index (χ0) is 18.1. The lowest BCUT2D eigenvalue weighted by Crippen LogP contribution is -2.36. The Morgan fingerprint density at radius 3 is 2.73 bits per heavy atom. The average molecular weight is 350 g/mol. The van der Waals surface area contributed by atoms with Crippen LogP contribution >= 0.6 is 0 Å². The highest BCUT2D eigenvalue weighted by atomic mass is 16.5.